The molecule has 0 saturated carbocycles. The molecule has 0 atom stereocenters. The van der Waals surface area contributed by atoms with Crippen LogP contribution < -0.4 is 5.73 Å². The van der Waals surface area contributed by atoms with Gasteiger partial charge in [0, 0.05) is 25.8 Å². The van der Waals surface area contributed by atoms with Crippen molar-refractivity contribution in [3.8, 4) is 0 Å². The number of halogens is 2. The first-order chi connectivity index (χ1) is 10.0. The number of esters is 1. The van der Waals surface area contributed by atoms with Crippen molar-refractivity contribution in [3.05, 3.63) is 57.0 Å². The maximum Gasteiger partial charge on any atom is 0.337 e. The third kappa shape index (κ3) is 4.15. The third-order valence-electron chi connectivity index (χ3n) is 2.83. The Hall–Kier alpha value is -1.17. The molecule has 0 aliphatic carbocycles. The van der Waals surface area contributed by atoms with Crippen LogP contribution in [0.3, 0.4) is 0 Å². The molecule has 0 spiro atoms. The molecule has 0 fully saturated rings. The summed E-state index contributed by atoms with van der Waals surface area (Å²) in [5, 5.41) is 0.625. The molecule has 0 unspecified atom stereocenters. The standard InChI is InChI=1S/C15H13BrClNO2S/c1-20-15(19)9-2-3-10(12(16)6-9)8-21-14-5-4-11(17)7-13(14)18/h2-7H,8,18H2,1H3. The van der Waals surface area contributed by atoms with E-state index >= 15 is 0 Å². The van der Waals surface area contributed by atoms with E-state index in [-0.39, 0.29) is 5.97 Å². The molecular weight excluding hydrogens is 374 g/mol. The number of carbonyl (C=O) groups excluding carboxylic acids is 1. The largest absolute Gasteiger partial charge is 0.465 e. The summed E-state index contributed by atoms with van der Waals surface area (Å²) in [5.74, 6) is 0.380. The van der Waals surface area contributed by atoms with Gasteiger partial charge >= 0.3 is 5.97 Å². The maximum atomic E-state index is 11.5. The van der Waals surface area contributed by atoms with Gasteiger partial charge in [0.1, 0.15) is 0 Å². The van der Waals surface area contributed by atoms with Crippen molar-refractivity contribution in [1.82, 2.24) is 0 Å². The van der Waals surface area contributed by atoms with E-state index in [1.165, 1.54) is 7.11 Å². The Morgan fingerprint density at radius 3 is 2.71 bits per heavy atom. The van der Waals surface area contributed by atoms with Gasteiger partial charge in [-0.05, 0) is 35.9 Å². The van der Waals surface area contributed by atoms with Crippen LogP contribution in [0.15, 0.2) is 45.8 Å². The minimum atomic E-state index is -0.350. The molecular formula is C15H13BrClNO2S. The maximum absolute atomic E-state index is 11.5. The van der Waals surface area contributed by atoms with Gasteiger partial charge in [-0.2, -0.15) is 0 Å². The summed E-state index contributed by atoms with van der Waals surface area (Å²) in [6, 6.07) is 10.9. The number of thioether (sulfide) groups is 1. The van der Waals surface area contributed by atoms with Gasteiger partial charge in [0.05, 0.1) is 12.7 Å². The number of rotatable bonds is 4. The second-order valence-corrected chi connectivity index (χ2v) is 6.58. The van der Waals surface area contributed by atoms with Crippen molar-refractivity contribution in [2.45, 2.75) is 10.6 Å². The fourth-order valence-electron chi connectivity index (χ4n) is 1.72. The van der Waals surface area contributed by atoms with Gasteiger partial charge in [-0.1, -0.05) is 33.6 Å². The number of nitrogen functional groups attached to an aromatic ring is 1. The summed E-state index contributed by atoms with van der Waals surface area (Å²) < 4.78 is 5.56. The lowest BCUT2D eigenvalue weighted by molar-refractivity contribution is 0.0600. The van der Waals surface area contributed by atoms with E-state index in [1.807, 2.05) is 18.2 Å². The summed E-state index contributed by atoms with van der Waals surface area (Å²) in [6.07, 6.45) is 0. The van der Waals surface area contributed by atoms with Crippen molar-refractivity contribution in [2.75, 3.05) is 12.8 Å². The Kier molecular flexibility index (Phi) is 5.56. The highest BCUT2D eigenvalue weighted by molar-refractivity contribution is 9.10. The highest BCUT2D eigenvalue weighted by Crippen LogP contribution is 2.32. The van der Waals surface area contributed by atoms with Crippen LogP contribution in [-0.4, -0.2) is 13.1 Å². The average molecular weight is 387 g/mol. The summed E-state index contributed by atoms with van der Waals surface area (Å²) in [6.45, 7) is 0. The van der Waals surface area contributed by atoms with Crippen LogP contribution in [0, 0.1) is 0 Å². The van der Waals surface area contributed by atoms with Crippen molar-refractivity contribution in [3.63, 3.8) is 0 Å². The van der Waals surface area contributed by atoms with Crippen LogP contribution in [-0.2, 0) is 10.5 Å². The van der Waals surface area contributed by atoms with E-state index in [2.05, 4.69) is 15.9 Å². The molecule has 0 aromatic heterocycles. The summed E-state index contributed by atoms with van der Waals surface area (Å²) in [7, 11) is 1.36. The number of ether oxygens (including phenoxy) is 1. The van der Waals surface area contributed by atoms with Crippen molar-refractivity contribution in [1.29, 1.82) is 0 Å². The van der Waals surface area contributed by atoms with Crippen molar-refractivity contribution in [2.24, 2.45) is 0 Å². The van der Waals surface area contributed by atoms with E-state index in [4.69, 9.17) is 22.1 Å². The predicted molar refractivity (Wildman–Crippen MR) is 90.9 cm³/mol. The van der Waals surface area contributed by atoms with Gasteiger partial charge < -0.3 is 10.5 Å². The van der Waals surface area contributed by atoms with E-state index in [1.54, 1.807) is 30.0 Å². The van der Waals surface area contributed by atoms with E-state index in [0.717, 1.165) is 20.7 Å². The van der Waals surface area contributed by atoms with Crippen molar-refractivity contribution < 1.29 is 9.53 Å². The predicted octanol–water partition coefficient (Wildman–Crippen LogP) is 4.76. The molecule has 6 heteroatoms. The molecule has 2 rings (SSSR count). The van der Waals surface area contributed by atoms with Crippen LogP contribution >= 0.6 is 39.3 Å². The van der Waals surface area contributed by atoms with E-state index in [9.17, 15) is 4.79 Å². The van der Waals surface area contributed by atoms with E-state index in [0.29, 0.717) is 16.3 Å². The Bertz CT molecular complexity index is 679. The normalized spacial score (nSPS) is 10.4. The molecule has 21 heavy (non-hydrogen) atoms. The van der Waals surface area contributed by atoms with Crippen LogP contribution in [0.2, 0.25) is 5.02 Å². The first kappa shape index (κ1) is 16.2. The summed E-state index contributed by atoms with van der Waals surface area (Å²) in [5.41, 5.74) is 8.18. The molecule has 2 N–H and O–H groups in total. The number of hydrogen-bond acceptors (Lipinski definition) is 4. The lowest BCUT2D eigenvalue weighted by Gasteiger charge is -2.08. The topological polar surface area (TPSA) is 52.3 Å². The molecule has 0 bridgehead atoms. The summed E-state index contributed by atoms with van der Waals surface area (Å²) >= 11 is 11.0. The second kappa shape index (κ2) is 7.20. The monoisotopic (exact) mass is 385 g/mol. The average Bonchev–Trinajstić information content (AvgIpc) is 2.46. The van der Waals surface area contributed by atoms with Gasteiger partial charge in [0.2, 0.25) is 0 Å². The van der Waals surface area contributed by atoms with Crippen LogP contribution in [0.5, 0.6) is 0 Å². The SMILES string of the molecule is COC(=O)c1ccc(CSc2ccc(Cl)cc2N)c(Br)c1. The Morgan fingerprint density at radius 1 is 1.33 bits per heavy atom. The molecule has 0 radical (unpaired) electrons. The molecule has 0 aliphatic rings. The molecule has 0 heterocycles. The Morgan fingerprint density at radius 2 is 2.10 bits per heavy atom. The van der Waals surface area contributed by atoms with Gasteiger partial charge in [0.25, 0.3) is 0 Å². The quantitative estimate of drug-likeness (QED) is 0.467. The number of hydrogen-bond donors (Lipinski definition) is 1. The van der Waals surface area contributed by atoms with Gasteiger partial charge in [-0.25, -0.2) is 4.79 Å². The van der Waals surface area contributed by atoms with Gasteiger partial charge in [0.15, 0.2) is 0 Å². The molecule has 0 saturated heterocycles. The highest BCUT2D eigenvalue weighted by atomic mass is 79.9. The van der Waals surface area contributed by atoms with Gasteiger partial charge in [-0.3, -0.25) is 0 Å². The van der Waals surface area contributed by atoms with Crippen LogP contribution in [0.1, 0.15) is 15.9 Å². The highest BCUT2D eigenvalue weighted by Gasteiger charge is 2.09. The zero-order chi connectivity index (χ0) is 15.4. The number of carbonyl (C=O) groups is 1. The number of methoxy groups -OCH3 is 1. The number of benzene rings is 2. The van der Waals surface area contributed by atoms with Crippen molar-refractivity contribution >= 4 is 50.9 Å². The Balaban J connectivity index is 2.11. The first-order valence-corrected chi connectivity index (χ1v) is 8.21. The van der Waals surface area contributed by atoms with Gasteiger partial charge in [-0.15, -0.1) is 11.8 Å². The number of anilines is 1. The second-order valence-electron chi connectivity index (χ2n) is 4.27. The minimum Gasteiger partial charge on any atom is -0.465 e. The molecule has 110 valence electrons. The number of nitrogens with two attached hydrogens (primary N) is 1. The fraction of sp³-hybridized carbons (Fsp3) is 0.133. The molecule has 3 nitrogen and oxygen atoms in total. The molecule has 2 aromatic rings. The smallest absolute Gasteiger partial charge is 0.337 e. The summed E-state index contributed by atoms with van der Waals surface area (Å²) in [4.78, 5) is 12.4. The van der Waals surface area contributed by atoms with Crippen LogP contribution in [0.25, 0.3) is 0 Å². The Labute approximate surface area is 140 Å². The fourth-order valence-corrected chi connectivity index (χ4v) is 3.55. The zero-order valence-electron chi connectivity index (χ0n) is 11.2. The molecule has 0 amide bonds. The zero-order valence-corrected chi connectivity index (χ0v) is 14.4. The molecule has 2 aromatic carbocycles. The molecule has 0 aliphatic heterocycles. The first-order valence-electron chi connectivity index (χ1n) is 6.06. The van der Waals surface area contributed by atoms with Crippen LogP contribution in [0.4, 0.5) is 5.69 Å². The third-order valence-corrected chi connectivity index (χ3v) is 4.94. The minimum absolute atomic E-state index is 0.350. The van der Waals surface area contributed by atoms with E-state index < -0.39 is 0 Å². The lowest BCUT2D eigenvalue weighted by Crippen LogP contribution is -2.01. The lowest BCUT2D eigenvalue weighted by atomic mass is 10.1.